The average molecular weight is 433 g/mol. The molecule has 1 amide bonds. The number of hydrogen-bond donors (Lipinski definition) is 2. The van der Waals surface area contributed by atoms with E-state index in [1.54, 1.807) is 0 Å². The van der Waals surface area contributed by atoms with Crippen molar-refractivity contribution in [2.75, 3.05) is 12.3 Å². The molecule has 2 N–H and O–H groups in total. The second-order valence-corrected chi connectivity index (χ2v) is 9.62. The number of hydrogen-bond acceptors (Lipinski definition) is 4. The monoisotopic (exact) mass is 432 g/mol. The van der Waals surface area contributed by atoms with Crippen molar-refractivity contribution in [3.63, 3.8) is 0 Å². The van der Waals surface area contributed by atoms with Gasteiger partial charge < -0.3 is 10.1 Å². The molecule has 0 aliphatic heterocycles. The average Bonchev–Trinajstić information content (AvgIpc) is 2.71. The predicted molar refractivity (Wildman–Crippen MR) is 121 cm³/mol. The Bertz CT molecular complexity index is 907. The molecule has 2 aromatic carbocycles. The lowest BCUT2D eigenvalue weighted by molar-refractivity contribution is -0.124. The molecule has 0 fully saturated rings. The van der Waals surface area contributed by atoms with E-state index in [0.29, 0.717) is 18.7 Å². The molecule has 1 atom stereocenters. The molecule has 0 aromatic heterocycles. The van der Waals surface area contributed by atoms with Crippen molar-refractivity contribution in [3.8, 4) is 16.9 Å². The highest BCUT2D eigenvalue weighted by Gasteiger charge is 2.12. The molecule has 0 saturated heterocycles. The largest absolute Gasteiger partial charge is 0.489 e. The number of carbonyl (C=O) groups is 1. The lowest BCUT2D eigenvalue weighted by Gasteiger charge is -2.16. The highest BCUT2D eigenvalue weighted by Crippen LogP contribution is 2.23. The number of amides is 1. The van der Waals surface area contributed by atoms with Crippen LogP contribution in [0.1, 0.15) is 39.7 Å². The summed E-state index contributed by atoms with van der Waals surface area (Å²) in [6.07, 6.45) is 0.308. The summed E-state index contributed by atoms with van der Waals surface area (Å²) in [5, 5.41) is 2.91. The summed E-state index contributed by atoms with van der Waals surface area (Å²) in [5.74, 6) is 0.831. The second-order valence-electron chi connectivity index (χ2n) is 7.69. The lowest BCUT2D eigenvalue weighted by atomic mass is 10.0. The Morgan fingerprint density at radius 2 is 1.53 bits per heavy atom. The molecular weight excluding hydrogens is 400 g/mol. The molecule has 30 heavy (non-hydrogen) atoms. The van der Waals surface area contributed by atoms with Crippen molar-refractivity contribution >= 4 is 15.9 Å². The van der Waals surface area contributed by atoms with Gasteiger partial charge in [-0.25, -0.2) is 13.1 Å². The van der Waals surface area contributed by atoms with Crippen LogP contribution in [0, 0.1) is 5.92 Å². The molecule has 2 aromatic rings. The van der Waals surface area contributed by atoms with E-state index >= 15 is 0 Å². The molecule has 6 nitrogen and oxygen atoms in total. The summed E-state index contributed by atoms with van der Waals surface area (Å²) in [7, 11) is -3.23. The molecule has 0 heterocycles. The first-order valence-corrected chi connectivity index (χ1v) is 12.0. The Balaban J connectivity index is 1.90. The van der Waals surface area contributed by atoms with Crippen LogP contribution in [-0.2, 0) is 21.4 Å². The summed E-state index contributed by atoms with van der Waals surface area (Å²) in [5.41, 5.74) is 3.17. The zero-order valence-electron chi connectivity index (χ0n) is 18.1. The first-order chi connectivity index (χ1) is 14.2. The molecular formula is C23H32N2O4S. The maximum atomic E-state index is 11.7. The van der Waals surface area contributed by atoms with Crippen LogP contribution < -0.4 is 14.8 Å². The SMILES string of the molecule is CCCS(=O)(=O)NCC(C)Oc1ccc(-c2ccc(CNC(=O)C(C)C)cc2)cc1. The van der Waals surface area contributed by atoms with Crippen molar-refractivity contribution < 1.29 is 17.9 Å². The second kappa shape index (κ2) is 11.1. The number of rotatable bonds is 11. The van der Waals surface area contributed by atoms with Gasteiger partial charge in [0.2, 0.25) is 15.9 Å². The summed E-state index contributed by atoms with van der Waals surface area (Å²) >= 11 is 0. The Hall–Kier alpha value is -2.38. The fraction of sp³-hybridized carbons (Fsp3) is 0.435. The van der Waals surface area contributed by atoms with Gasteiger partial charge in [0, 0.05) is 19.0 Å². The van der Waals surface area contributed by atoms with Gasteiger partial charge in [-0.3, -0.25) is 4.79 Å². The van der Waals surface area contributed by atoms with E-state index in [1.165, 1.54) is 0 Å². The first-order valence-electron chi connectivity index (χ1n) is 10.3. The minimum absolute atomic E-state index is 0.0238. The zero-order valence-corrected chi connectivity index (χ0v) is 19.0. The van der Waals surface area contributed by atoms with Gasteiger partial charge in [0.1, 0.15) is 11.9 Å². The van der Waals surface area contributed by atoms with Crippen molar-refractivity contribution in [2.24, 2.45) is 5.92 Å². The lowest BCUT2D eigenvalue weighted by Crippen LogP contribution is -2.34. The van der Waals surface area contributed by atoms with Crippen molar-refractivity contribution in [2.45, 2.75) is 46.8 Å². The smallest absolute Gasteiger partial charge is 0.222 e. The van der Waals surface area contributed by atoms with E-state index in [1.807, 2.05) is 76.2 Å². The zero-order chi connectivity index (χ0) is 22.1. The van der Waals surface area contributed by atoms with Crippen LogP contribution in [0.4, 0.5) is 0 Å². The van der Waals surface area contributed by atoms with Crippen molar-refractivity contribution in [1.29, 1.82) is 0 Å². The fourth-order valence-electron chi connectivity index (χ4n) is 2.79. The molecule has 0 aliphatic carbocycles. The number of ether oxygens (including phenoxy) is 1. The molecule has 0 aliphatic rings. The Morgan fingerprint density at radius 3 is 2.07 bits per heavy atom. The highest BCUT2D eigenvalue weighted by atomic mass is 32.2. The molecule has 0 saturated carbocycles. The third-order valence-corrected chi connectivity index (χ3v) is 6.09. The molecule has 2 rings (SSSR count). The molecule has 7 heteroatoms. The van der Waals surface area contributed by atoms with Gasteiger partial charge in [-0.15, -0.1) is 0 Å². The van der Waals surface area contributed by atoms with Gasteiger partial charge in [0.15, 0.2) is 0 Å². The Morgan fingerprint density at radius 1 is 0.967 bits per heavy atom. The van der Waals surface area contributed by atoms with Crippen LogP contribution >= 0.6 is 0 Å². The van der Waals surface area contributed by atoms with E-state index in [0.717, 1.165) is 16.7 Å². The number of carbonyl (C=O) groups excluding carboxylic acids is 1. The van der Waals surface area contributed by atoms with Crippen LogP contribution in [0.15, 0.2) is 48.5 Å². The topological polar surface area (TPSA) is 84.5 Å². The van der Waals surface area contributed by atoms with Crippen LogP contribution in [0.5, 0.6) is 5.75 Å². The van der Waals surface area contributed by atoms with Crippen LogP contribution in [0.25, 0.3) is 11.1 Å². The van der Waals surface area contributed by atoms with Gasteiger partial charge in [-0.2, -0.15) is 0 Å². The van der Waals surface area contributed by atoms with Gasteiger partial charge in [-0.1, -0.05) is 57.2 Å². The maximum absolute atomic E-state index is 11.7. The Labute approximate surface area is 180 Å². The van der Waals surface area contributed by atoms with Gasteiger partial charge in [0.05, 0.1) is 5.75 Å². The predicted octanol–water partition coefficient (Wildman–Crippen LogP) is 3.72. The van der Waals surface area contributed by atoms with Crippen LogP contribution in [0.2, 0.25) is 0 Å². The number of sulfonamides is 1. The minimum Gasteiger partial charge on any atom is -0.489 e. The summed E-state index contributed by atoms with van der Waals surface area (Å²) in [6.45, 7) is 8.16. The highest BCUT2D eigenvalue weighted by molar-refractivity contribution is 7.89. The summed E-state index contributed by atoms with van der Waals surface area (Å²) < 4.78 is 31.8. The first kappa shape index (κ1) is 23.9. The van der Waals surface area contributed by atoms with Crippen molar-refractivity contribution in [1.82, 2.24) is 10.0 Å². The maximum Gasteiger partial charge on any atom is 0.222 e. The van der Waals surface area contributed by atoms with Gasteiger partial charge in [0.25, 0.3) is 0 Å². The molecule has 1 unspecified atom stereocenters. The van der Waals surface area contributed by atoms with Crippen LogP contribution in [0.3, 0.4) is 0 Å². The standard InChI is InChI=1S/C23H32N2O4S/c1-5-14-30(27,28)25-15-18(4)29-22-12-10-21(11-13-22)20-8-6-19(7-9-20)16-24-23(26)17(2)3/h6-13,17-18,25H,5,14-16H2,1-4H3,(H,24,26). The molecule has 0 spiro atoms. The summed E-state index contributed by atoms with van der Waals surface area (Å²) in [6, 6.07) is 15.8. The normalized spacial score (nSPS) is 12.6. The fourth-order valence-corrected chi connectivity index (χ4v) is 3.96. The van der Waals surface area contributed by atoms with Gasteiger partial charge >= 0.3 is 0 Å². The molecule has 0 bridgehead atoms. The van der Waals surface area contributed by atoms with E-state index in [9.17, 15) is 13.2 Å². The van der Waals surface area contributed by atoms with Gasteiger partial charge in [-0.05, 0) is 42.2 Å². The van der Waals surface area contributed by atoms with E-state index in [-0.39, 0.29) is 30.2 Å². The summed E-state index contributed by atoms with van der Waals surface area (Å²) in [4.78, 5) is 11.7. The van der Waals surface area contributed by atoms with E-state index in [2.05, 4.69) is 10.0 Å². The third-order valence-electron chi connectivity index (χ3n) is 4.53. The van der Waals surface area contributed by atoms with Crippen molar-refractivity contribution in [3.05, 3.63) is 54.1 Å². The number of nitrogens with one attached hydrogen (secondary N) is 2. The van der Waals surface area contributed by atoms with E-state index < -0.39 is 10.0 Å². The Kier molecular flexibility index (Phi) is 8.87. The third kappa shape index (κ3) is 7.80. The van der Waals surface area contributed by atoms with E-state index in [4.69, 9.17) is 4.74 Å². The van der Waals surface area contributed by atoms with Crippen LogP contribution in [-0.4, -0.2) is 32.7 Å². The number of benzene rings is 2. The molecule has 0 radical (unpaired) electrons. The minimum atomic E-state index is -3.23. The molecule has 164 valence electrons. The quantitative estimate of drug-likeness (QED) is 0.567.